The quantitative estimate of drug-likeness (QED) is 0.731. The molecule has 1 aliphatic rings. The first-order valence-electron chi connectivity index (χ1n) is 9.49. The number of carbonyl (C=O) groups is 2. The molecule has 3 aromatic carbocycles. The van der Waals surface area contributed by atoms with Crippen molar-refractivity contribution >= 4 is 17.5 Å². The third kappa shape index (κ3) is 3.51. The molecule has 0 spiro atoms. The highest BCUT2D eigenvalue weighted by atomic mass is 19.1. The number of fused-ring (bicyclic) bond motifs is 1. The van der Waals surface area contributed by atoms with Crippen LogP contribution in [-0.2, 0) is 17.8 Å². The lowest BCUT2D eigenvalue weighted by atomic mass is 9.82. The van der Waals surface area contributed by atoms with Crippen LogP contribution >= 0.6 is 0 Å². The Balaban J connectivity index is 1.73. The van der Waals surface area contributed by atoms with Crippen molar-refractivity contribution in [1.82, 2.24) is 5.32 Å². The van der Waals surface area contributed by atoms with E-state index in [2.05, 4.69) is 5.32 Å². The minimum Gasteiger partial charge on any atom is -0.350 e. The fourth-order valence-electron chi connectivity index (χ4n) is 3.85. The van der Waals surface area contributed by atoms with Gasteiger partial charge in [0.05, 0.1) is 0 Å². The zero-order valence-electron chi connectivity index (χ0n) is 16.1. The molecule has 29 heavy (non-hydrogen) atoms. The fraction of sp³-hybridized carbons (Fsp3) is 0.167. The summed E-state index contributed by atoms with van der Waals surface area (Å²) < 4.78 is 13.9. The summed E-state index contributed by atoms with van der Waals surface area (Å²) in [6.07, 6.45) is 0.339. The van der Waals surface area contributed by atoms with Crippen LogP contribution in [0.5, 0.6) is 0 Å². The van der Waals surface area contributed by atoms with Crippen molar-refractivity contribution in [2.45, 2.75) is 25.4 Å². The van der Waals surface area contributed by atoms with Gasteiger partial charge in [0.25, 0.3) is 5.91 Å². The summed E-state index contributed by atoms with van der Waals surface area (Å²) in [5.74, 6) is -1.05. The van der Waals surface area contributed by atoms with Crippen molar-refractivity contribution in [3.05, 3.63) is 101 Å². The molecule has 1 heterocycles. The fourth-order valence-corrected chi connectivity index (χ4v) is 3.85. The molecule has 0 bridgehead atoms. The predicted molar refractivity (Wildman–Crippen MR) is 110 cm³/mol. The summed E-state index contributed by atoms with van der Waals surface area (Å²) in [6.45, 7) is 2.08. The molecule has 0 unspecified atom stereocenters. The Bertz CT molecular complexity index is 1070. The maximum atomic E-state index is 13.9. The topological polar surface area (TPSA) is 49.4 Å². The minimum atomic E-state index is -1.19. The Morgan fingerprint density at radius 1 is 1.03 bits per heavy atom. The lowest BCUT2D eigenvalue weighted by Gasteiger charge is -2.44. The van der Waals surface area contributed by atoms with Crippen LogP contribution in [-0.4, -0.2) is 17.4 Å². The number of anilines is 1. The zero-order chi connectivity index (χ0) is 20.4. The van der Waals surface area contributed by atoms with Gasteiger partial charge in [0.2, 0.25) is 5.91 Å². The Kier molecular flexibility index (Phi) is 4.89. The van der Waals surface area contributed by atoms with Gasteiger partial charge < -0.3 is 5.32 Å². The summed E-state index contributed by atoms with van der Waals surface area (Å²) in [6, 6.07) is 22.6. The Hall–Kier alpha value is -3.47. The second-order valence-electron chi connectivity index (χ2n) is 7.40. The SMILES string of the molecule is C[C@@]1(C(=O)NCc2ccccc2)Cc2ccccc2C(=O)N1c1cccc(F)c1. The first-order chi connectivity index (χ1) is 14.0. The van der Waals surface area contributed by atoms with Crippen LogP contribution in [0.3, 0.4) is 0 Å². The number of nitrogens with one attached hydrogen (secondary N) is 1. The van der Waals surface area contributed by atoms with E-state index in [9.17, 15) is 14.0 Å². The van der Waals surface area contributed by atoms with Gasteiger partial charge in [-0.05, 0) is 42.3 Å². The maximum Gasteiger partial charge on any atom is 0.259 e. The first kappa shape index (κ1) is 18.9. The number of carbonyl (C=O) groups excluding carboxylic acids is 2. The molecule has 0 aliphatic carbocycles. The van der Waals surface area contributed by atoms with Gasteiger partial charge in [-0.3, -0.25) is 14.5 Å². The zero-order valence-corrected chi connectivity index (χ0v) is 16.1. The molecular weight excluding hydrogens is 367 g/mol. The Morgan fingerprint density at radius 2 is 1.76 bits per heavy atom. The third-order valence-corrected chi connectivity index (χ3v) is 5.33. The third-order valence-electron chi connectivity index (χ3n) is 5.33. The van der Waals surface area contributed by atoms with Crippen molar-refractivity contribution in [1.29, 1.82) is 0 Å². The van der Waals surface area contributed by atoms with Gasteiger partial charge in [-0.2, -0.15) is 0 Å². The average molecular weight is 388 g/mol. The lowest BCUT2D eigenvalue weighted by Crippen LogP contribution is -2.63. The van der Waals surface area contributed by atoms with E-state index < -0.39 is 11.4 Å². The van der Waals surface area contributed by atoms with E-state index in [-0.39, 0.29) is 11.8 Å². The van der Waals surface area contributed by atoms with Crippen LogP contribution in [0.25, 0.3) is 0 Å². The molecule has 0 aromatic heterocycles. The van der Waals surface area contributed by atoms with E-state index in [1.165, 1.54) is 17.0 Å². The van der Waals surface area contributed by atoms with Gasteiger partial charge in [0.15, 0.2) is 0 Å². The summed E-state index contributed by atoms with van der Waals surface area (Å²) in [7, 11) is 0. The van der Waals surface area contributed by atoms with Crippen LogP contribution in [0.15, 0.2) is 78.9 Å². The van der Waals surface area contributed by atoms with Gasteiger partial charge in [-0.15, -0.1) is 0 Å². The first-order valence-corrected chi connectivity index (χ1v) is 9.49. The highest BCUT2D eigenvalue weighted by Crippen LogP contribution is 2.35. The highest BCUT2D eigenvalue weighted by molar-refractivity contribution is 6.14. The van der Waals surface area contributed by atoms with Crippen molar-refractivity contribution in [3.8, 4) is 0 Å². The van der Waals surface area contributed by atoms with Gasteiger partial charge >= 0.3 is 0 Å². The second-order valence-corrected chi connectivity index (χ2v) is 7.40. The van der Waals surface area contributed by atoms with E-state index in [1.807, 2.05) is 42.5 Å². The second kappa shape index (κ2) is 7.51. The number of hydrogen-bond acceptors (Lipinski definition) is 2. The average Bonchev–Trinajstić information content (AvgIpc) is 2.73. The standard InChI is InChI=1S/C24H21FN2O2/c1-24(23(29)26-16-17-8-3-2-4-9-17)15-18-10-5-6-13-21(18)22(28)27(24)20-12-7-11-19(25)14-20/h2-14H,15-16H2,1H3,(H,26,29)/t24-/m0/s1. The lowest BCUT2D eigenvalue weighted by molar-refractivity contribution is -0.126. The number of benzene rings is 3. The molecule has 2 amide bonds. The van der Waals surface area contributed by atoms with Crippen LogP contribution in [0.1, 0.15) is 28.4 Å². The molecule has 5 heteroatoms. The van der Waals surface area contributed by atoms with E-state index in [1.54, 1.807) is 31.2 Å². The van der Waals surface area contributed by atoms with Crippen molar-refractivity contribution in [2.24, 2.45) is 0 Å². The van der Waals surface area contributed by atoms with Crippen molar-refractivity contribution in [3.63, 3.8) is 0 Å². The largest absolute Gasteiger partial charge is 0.350 e. The molecule has 4 rings (SSSR count). The van der Waals surface area contributed by atoms with Crippen molar-refractivity contribution in [2.75, 3.05) is 4.90 Å². The monoisotopic (exact) mass is 388 g/mol. The van der Waals surface area contributed by atoms with E-state index in [0.717, 1.165) is 11.1 Å². The highest BCUT2D eigenvalue weighted by Gasteiger charge is 2.47. The number of amides is 2. The normalized spacial score (nSPS) is 18.3. The van der Waals surface area contributed by atoms with Gasteiger partial charge in [-0.1, -0.05) is 54.6 Å². The molecule has 1 atom stereocenters. The smallest absolute Gasteiger partial charge is 0.259 e. The number of hydrogen-bond donors (Lipinski definition) is 1. The number of rotatable bonds is 4. The van der Waals surface area contributed by atoms with E-state index >= 15 is 0 Å². The molecule has 0 fully saturated rings. The van der Waals surface area contributed by atoms with Crippen LogP contribution in [0.4, 0.5) is 10.1 Å². The molecule has 146 valence electrons. The molecule has 3 aromatic rings. The number of halogens is 1. The van der Waals surface area contributed by atoms with E-state index in [4.69, 9.17) is 0 Å². The van der Waals surface area contributed by atoms with Gasteiger partial charge in [0.1, 0.15) is 11.4 Å². The molecular formula is C24H21FN2O2. The summed E-state index contributed by atoms with van der Waals surface area (Å²) in [5, 5.41) is 2.95. The molecule has 0 saturated carbocycles. The van der Waals surface area contributed by atoms with Gasteiger partial charge in [0, 0.05) is 24.2 Å². The van der Waals surface area contributed by atoms with E-state index in [0.29, 0.717) is 24.2 Å². The van der Waals surface area contributed by atoms with Crippen molar-refractivity contribution < 1.29 is 14.0 Å². The molecule has 1 N–H and O–H groups in total. The summed E-state index contributed by atoms with van der Waals surface area (Å²) in [5.41, 5.74) is 1.48. The molecule has 4 nitrogen and oxygen atoms in total. The Labute approximate surface area is 169 Å². The number of nitrogens with zero attached hydrogens (tertiary/aromatic N) is 1. The predicted octanol–water partition coefficient (Wildman–Crippen LogP) is 4.10. The summed E-state index contributed by atoms with van der Waals surface area (Å²) in [4.78, 5) is 28.1. The van der Waals surface area contributed by atoms with Crippen LogP contribution in [0, 0.1) is 5.82 Å². The van der Waals surface area contributed by atoms with Crippen LogP contribution < -0.4 is 10.2 Å². The molecule has 0 radical (unpaired) electrons. The van der Waals surface area contributed by atoms with Crippen LogP contribution in [0.2, 0.25) is 0 Å². The Morgan fingerprint density at radius 3 is 2.52 bits per heavy atom. The summed E-state index contributed by atoms with van der Waals surface area (Å²) >= 11 is 0. The molecule has 0 saturated heterocycles. The molecule has 1 aliphatic heterocycles. The van der Waals surface area contributed by atoms with Gasteiger partial charge in [-0.25, -0.2) is 4.39 Å². The maximum absolute atomic E-state index is 13.9. The minimum absolute atomic E-state index is 0.284.